The predicted molar refractivity (Wildman–Crippen MR) is 94.8 cm³/mol. The number of thiophene rings is 1. The maximum atomic E-state index is 12.8. The number of nitrogens with one attached hydrogen (secondary N) is 1. The van der Waals surface area contributed by atoms with E-state index in [1.165, 1.54) is 0 Å². The van der Waals surface area contributed by atoms with Crippen molar-refractivity contribution in [2.75, 3.05) is 26.7 Å². The molecule has 2 aromatic rings. The Balaban J connectivity index is 1.71. The third-order valence-corrected chi connectivity index (χ3v) is 5.21. The first-order valence-electron chi connectivity index (χ1n) is 8.13. The van der Waals surface area contributed by atoms with Gasteiger partial charge in [0.05, 0.1) is 17.0 Å². The Morgan fingerprint density at radius 2 is 2.13 bits per heavy atom. The van der Waals surface area contributed by atoms with Gasteiger partial charge in [-0.15, -0.1) is 0 Å². The molecule has 1 fully saturated rings. The van der Waals surface area contributed by atoms with Gasteiger partial charge in [0, 0.05) is 24.0 Å². The number of likely N-dealkylation sites (tertiary alicyclic amines) is 1. The minimum Gasteiger partial charge on any atom is -0.339 e. The number of pyridine rings is 1. The van der Waals surface area contributed by atoms with Gasteiger partial charge in [0.25, 0.3) is 5.91 Å². The van der Waals surface area contributed by atoms with Gasteiger partial charge >= 0.3 is 0 Å². The number of piperidine rings is 1. The number of nitrogens with zero attached hydrogens (tertiary/aromatic N) is 2. The number of aryl methyl sites for hydroxylation is 1. The molecular formula is C18H23N3OS. The van der Waals surface area contributed by atoms with Crippen LogP contribution in [0.4, 0.5) is 0 Å². The molecule has 0 spiro atoms. The number of carbonyl (C=O) groups is 1. The lowest BCUT2D eigenvalue weighted by Crippen LogP contribution is -2.40. The lowest BCUT2D eigenvalue weighted by molar-refractivity contribution is 0.0689. The third-order valence-electron chi connectivity index (χ3n) is 4.53. The zero-order valence-corrected chi connectivity index (χ0v) is 14.5. The van der Waals surface area contributed by atoms with E-state index in [0.29, 0.717) is 5.92 Å². The van der Waals surface area contributed by atoms with E-state index in [2.05, 4.69) is 21.7 Å². The summed E-state index contributed by atoms with van der Waals surface area (Å²) in [7, 11) is 1.99. The molecule has 0 aromatic carbocycles. The number of amides is 1. The van der Waals surface area contributed by atoms with E-state index in [1.54, 1.807) is 11.3 Å². The number of hydrogen-bond donors (Lipinski definition) is 1. The highest BCUT2D eigenvalue weighted by Gasteiger charge is 2.24. The summed E-state index contributed by atoms with van der Waals surface area (Å²) in [4.78, 5) is 19.4. The fourth-order valence-corrected chi connectivity index (χ4v) is 3.81. The summed E-state index contributed by atoms with van der Waals surface area (Å²) in [5.41, 5.74) is 3.60. The highest BCUT2D eigenvalue weighted by Crippen LogP contribution is 2.23. The van der Waals surface area contributed by atoms with E-state index in [0.717, 1.165) is 55.0 Å². The van der Waals surface area contributed by atoms with Crippen LogP contribution in [0.5, 0.6) is 0 Å². The normalized spacial score (nSPS) is 15.8. The second kappa shape index (κ2) is 7.23. The number of rotatable bonds is 4. The van der Waals surface area contributed by atoms with Crippen LogP contribution in [0.25, 0.3) is 11.3 Å². The Hall–Kier alpha value is -1.72. The largest absolute Gasteiger partial charge is 0.339 e. The molecule has 0 bridgehead atoms. The lowest BCUT2D eigenvalue weighted by atomic mass is 9.96. The Morgan fingerprint density at radius 3 is 2.74 bits per heavy atom. The van der Waals surface area contributed by atoms with Crippen molar-refractivity contribution in [3.8, 4) is 11.3 Å². The highest BCUT2D eigenvalue weighted by molar-refractivity contribution is 7.08. The standard InChI is InChI=1S/C18H23N3OS/c1-13-16(3-4-17(20-13)15-7-10-23-12-15)18(22)21-8-5-14(6-9-21)11-19-2/h3-4,7,10,12,14,19H,5-6,8-9,11H2,1-2H3. The van der Waals surface area contributed by atoms with E-state index in [4.69, 9.17) is 0 Å². The minimum absolute atomic E-state index is 0.120. The van der Waals surface area contributed by atoms with E-state index >= 15 is 0 Å². The summed E-state index contributed by atoms with van der Waals surface area (Å²) in [6.07, 6.45) is 2.15. The van der Waals surface area contributed by atoms with Gasteiger partial charge in [0.15, 0.2) is 0 Å². The molecule has 122 valence electrons. The molecule has 1 aliphatic rings. The van der Waals surface area contributed by atoms with Crippen molar-refractivity contribution in [3.05, 3.63) is 40.2 Å². The molecule has 0 atom stereocenters. The Labute approximate surface area is 141 Å². The smallest absolute Gasteiger partial charge is 0.255 e. The second-order valence-corrected chi connectivity index (χ2v) is 6.91. The van der Waals surface area contributed by atoms with Gasteiger partial charge < -0.3 is 10.2 Å². The van der Waals surface area contributed by atoms with E-state index in [-0.39, 0.29) is 5.91 Å². The van der Waals surface area contributed by atoms with Crippen molar-refractivity contribution in [2.45, 2.75) is 19.8 Å². The predicted octanol–water partition coefficient (Wildman–Crippen LogP) is 3.19. The van der Waals surface area contributed by atoms with Crippen LogP contribution in [0.1, 0.15) is 28.9 Å². The summed E-state index contributed by atoms with van der Waals surface area (Å²) >= 11 is 1.66. The molecule has 0 radical (unpaired) electrons. The van der Waals surface area contributed by atoms with Crippen molar-refractivity contribution in [1.29, 1.82) is 0 Å². The van der Waals surface area contributed by atoms with Crippen LogP contribution in [-0.4, -0.2) is 42.5 Å². The maximum Gasteiger partial charge on any atom is 0.255 e. The molecule has 1 aliphatic heterocycles. The van der Waals surface area contributed by atoms with Crippen LogP contribution in [0.3, 0.4) is 0 Å². The van der Waals surface area contributed by atoms with Gasteiger partial charge in [-0.25, -0.2) is 0 Å². The van der Waals surface area contributed by atoms with Gasteiger partial charge in [-0.05, 0) is 62.9 Å². The Kier molecular flexibility index (Phi) is 5.08. The van der Waals surface area contributed by atoms with Crippen molar-refractivity contribution in [2.24, 2.45) is 5.92 Å². The van der Waals surface area contributed by atoms with Crippen molar-refractivity contribution < 1.29 is 4.79 Å². The van der Waals surface area contributed by atoms with Crippen molar-refractivity contribution in [1.82, 2.24) is 15.2 Å². The van der Waals surface area contributed by atoms with Crippen LogP contribution in [0.15, 0.2) is 29.0 Å². The zero-order valence-electron chi connectivity index (χ0n) is 13.7. The first-order chi connectivity index (χ1) is 11.2. The molecule has 3 rings (SSSR count). The van der Waals surface area contributed by atoms with Gasteiger partial charge in [-0.3, -0.25) is 9.78 Å². The maximum absolute atomic E-state index is 12.8. The van der Waals surface area contributed by atoms with Crippen molar-refractivity contribution >= 4 is 17.2 Å². The van der Waals surface area contributed by atoms with Crippen LogP contribution in [0.2, 0.25) is 0 Å². The van der Waals surface area contributed by atoms with E-state index in [9.17, 15) is 4.79 Å². The fourth-order valence-electron chi connectivity index (χ4n) is 3.16. The van der Waals surface area contributed by atoms with Crippen LogP contribution >= 0.6 is 11.3 Å². The molecule has 4 nitrogen and oxygen atoms in total. The average Bonchev–Trinajstić information content (AvgIpc) is 3.10. The molecule has 3 heterocycles. The first-order valence-corrected chi connectivity index (χ1v) is 9.07. The lowest BCUT2D eigenvalue weighted by Gasteiger charge is -2.32. The first kappa shape index (κ1) is 16.1. The monoisotopic (exact) mass is 329 g/mol. The molecule has 2 aromatic heterocycles. The summed E-state index contributed by atoms with van der Waals surface area (Å²) in [5.74, 6) is 0.805. The summed E-state index contributed by atoms with van der Waals surface area (Å²) < 4.78 is 0. The molecule has 1 N–H and O–H groups in total. The Bertz CT molecular complexity index is 661. The molecule has 1 amide bonds. The topological polar surface area (TPSA) is 45.2 Å². The SMILES string of the molecule is CNCC1CCN(C(=O)c2ccc(-c3ccsc3)nc2C)CC1. The second-order valence-electron chi connectivity index (χ2n) is 6.13. The van der Waals surface area contributed by atoms with Crippen molar-refractivity contribution in [3.63, 3.8) is 0 Å². The van der Waals surface area contributed by atoms with Gasteiger partial charge in [-0.1, -0.05) is 0 Å². The van der Waals surface area contributed by atoms with Crippen LogP contribution < -0.4 is 5.32 Å². The molecule has 1 saturated heterocycles. The molecule has 5 heteroatoms. The Morgan fingerprint density at radius 1 is 1.35 bits per heavy atom. The van der Waals surface area contributed by atoms with E-state index in [1.807, 2.05) is 36.4 Å². The number of aromatic nitrogens is 1. The van der Waals surface area contributed by atoms with Crippen LogP contribution in [0, 0.1) is 12.8 Å². The third kappa shape index (κ3) is 3.62. The van der Waals surface area contributed by atoms with Crippen LogP contribution in [-0.2, 0) is 0 Å². The number of carbonyl (C=O) groups excluding carboxylic acids is 1. The fraction of sp³-hybridized carbons (Fsp3) is 0.444. The highest BCUT2D eigenvalue weighted by atomic mass is 32.1. The number of hydrogen-bond acceptors (Lipinski definition) is 4. The average molecular weight is 329 g/mol. The zero-order chi connectivity index (χ0) is 16.2. The molecule has 0 unspecified atom stereocenters. The quantitative estimate of drug-likeness (QED) is 0.937. The minimum atomic E-state index is 0.120. The van der Waals surface area contributed by atoms with E-state index < -0.39 is 0 Å². The summed E-state index contributed by atoms with van der Waals surface area (Å²) in [6.45, 7) is 4.66. The molecule has 0 aliphatic carbocycles. The van der Waals surface area contributed by atoms with Gasteiger partial charge in [0.1, 0.15) is 0 Å². The molecule has 23 heavy (non-hydrogen) atoms. The summed E-state index contributed by atoms with van der Waals surface area (Å²) in [6, 6.07) is 5.94. The van der Waals surface area contributed by atoms with Gasteiger partial charge in [0.2, 0.25) is 0 Å². The molecular weight excluding hydrogens is 306 g/mol. The summed E-state index contributed by atoms with van der Waals surface area (Å²) in [5, 5.41) is 7.35. The van der Waals surface area contributed by atoms with Gasteiger partial charge in [-0.2, -0.15) is 11.3 Å². The molecule has 0 saturated carbocycles.